The molecular weight excluding hydrogens is 162 g/mol. The van der Waals surface area contributed by atoms with Gasteiger partial charge in [0.2, 0.25) is 5.91 Å². The SMILES string of the molecule is COCCNC(=O)/C=C(\O)C=O. The summed E-state index contributed by atoms with van der Waals surface area (Å²) < 4.78 is 4.66. The van der Waals surface area contributed by atoms with Gasteiger partial charge in [-0.3, -0.25) is 9.59 Å². The standard InChI is InChI=1S/C7H11NO4/c1-12-3-2-8-7(11)4-6(10)5-9/h4-5,10H,2-3H2,1H3,(H,8,11)/b6-4-. The maximum absolute atomic E-state index is 10.7. The van der Waals surface area contributed by atoms with Gasteiger partial charge in [0, 0.05) is 19.7 Å². The van der Waals surface area contributed by atoms with E-state index < -0.39 is 11.7 Å². The van der Waals surface area contributed by atoms with Crippen molar-refractivity contribution in [1.29, 1.82) is 0 Å². The monoisotopic (exact) mass is 173 g/mol. The van der Waals surface area contributed by atoms with Gasteiger partial charge in [-0.2, -0.15) is 0 Å². The van der Waals surface area contributed by atoms with Crippen LogP contribution in [0.1, 0.15) is 0 Å². The Morgan fingerprint density at radius 3 is 2.83 bits per heavy atom. The highest BCUT2D eigenvalue weighted by Gasteiger charge is 1.97. The van der Waals surface area contributed by atoms with Crippen LogP contribution in [-0.4, -0.2) is 37.6 Å². The zero-order valence-corrected chi connectivity index (χ0v) is 6.74. The van der Waals surface area contributed by atoms with Crippen molar-refractivity contribution in [1.82, 2.24) is 5.32 Å². The Bertz CT molecular complexity index is 188. The number of amides is 1. The maximum atomic E-state index is 10.7. The van der Waals surface area contributed by atoms with Crippen molar-refractivity contribution in [2.75, 3.05) is 20.3 Å². The van der Waals surface area contributed by atoms with Crippen LogP contribution in [0.3, 0.4) is 0 Å². The van der Waals surface area contributed by atoms with Crippen molar-refractivity contribution < 1.29 is 19.4 Å². The van der Waals surface area contributed by atoms with Crippen LogP contribution in [0.4, 0.5) is 0 Å². The third-order valence-electron chi connectivity index (χ3n) is 1.01. The molecule has 0 saturated heterocycles. The number of aliphatic hydroxyl groups is 1. The van der Waals surface area contributed by atoms with Crippen LogP contribution >= 0.6 is 0 Å². The lowest BCUT2D eigenvalue weighted by molar-refractivity contribution is -0.117. The first-order valence-corrected chi connectivity index (χ1v) is 3.33. The van der Waals surface area contributed by atoms with Crippen molar-refractivity contribution >= 4 is 12.2 Å². The Kier molecular flexibility index (Phi) is 5.64. The molecule has 0 aliphatic carbocycles. The van der Waals surface area contributed by atoms with E-state index in [1.54, 1.807) is 0 Å². The first-order chi connectivity index (χ1) is 5.70. The molecular formula is C7H11NO4. The van der Waals surface area contributed by atoms with E-state index in [-0.39, 0.29) is 6.29 Å². The van der Waals surface area contributed by atoms with Gasteiger partial charge in [0.05, 0.1) is 6.61 Å². The molecule has 5 heteroatoms. The average Bonchev–Trinajstić information content (AvgIpc) is 2.05. The van der Waals surface area contributed by atoms with Gasteiger partial charge in [-0.15, -0.1) is 0 Å². The van der Waals surface area contributed by atoms with E-state index in [1.165, 1.54) is 7.11 Å². The highest BCUT2D eigenvalue weighted by molar-refractivity contribution is 5.92. The molecule has 0 aliphatic rings. The van der Waals surface area contributed by atoms with Gasteiger partial charge in [-0.1, -0.05) is 0 Å². The van der Waals surface area contributed by atoms with Gasteiger partial charge in [0.25, 0.3) is 0 Å². The molecule has 0 aromatic rings. The minimum atomic E-state index is -0.593. The lowest BCUT2D eigenvalue weighted by Crippen LogP contribution is -2.25. The molecule has 12 heavy (non-hydrogen) atoms. The van der Waals surface area contributed by atoms with Crippen LogP contribution in [0.2, 0.25) is 0 Å². The molecule has 0 aromatic carbocycles. The number of nitrogens with one attached hydrogen (secondary N) is 1. The van der Waals surface area contributed by atoms with E-state index in [2.05, 4.69) is 10.1 Å². The van der Waals surface area contributed by atoms with Crippen LogP contribution in [0, 0.1) is 0 Å². The van der Waals surface area contributed by atoms with E-state index in [4.69, 9.17) is 5.11 Å². The molecule has 0 aromatic heterocycles. The smallest absolute Gasteiger partial charge is 0.247 e. The molecule has 0 unspecified atom stereocenters. The highest BCUT2D eigenvalue weighted by atomic mass is 16.5. The van der Waals surface area contributed by atoms with Gasteiger partial charge in [-0.05, 0) is 0 Å². The molecule has 0 atom stereocenters. The Morgan fingerprint density at radius 2 is 2.33 bits per heavy atom. The van der Waals surface area contributed by atoms with Crippen LogP contribution in [-0.2, 0) is 14.3 Å². The third kappa shape index (κ3) is 5.43. The topological polar surface area (TPSA) is 75.6 Å². The summed E-state index contributed by atoms with van der Waals surface area (Å²) in [5.74, 6) is -1.11. The van der Waals surface area contributed by atoms with E-state index in [0.29, 0.717) is 13.2 Å². The normalized spacial score (nSPS) is 10.9. The zero-order valence-electron chi connectivity index (χ0n) is 6.74. The van der Waals surface area contributed by atoms with Gasteiger partial charge in [-0.25, -0.2) is 0 Å². The Hall–Kier alpha value is -1.36. The number of ether oxygens (including phenoxy) is 1. The molecule has 0 rings (SSSR count). The summed E-state index contributed by atoms with van der Waals surface area (Å²) in [5.41, 5.74) is 0. The molecule has 5 nitrogen and oxygen atoms in total. The van der Waals surface area contributed by atoms with Crippen molar-refractivity contribution in [2.45, 2.75) is 0 Å². The van der Waals surface area contributed by atoms with Gasteiger partial charge in [0.15, 0.2) is 12.0 Å². The van der Waals surface area contributed by atoms with Gasteiger partial charge in [0.1, 0.15) is 0 Å². The molecule has 2 N–H and O–H groups in total. The molecule has 0 spiro atoms. The lowest BCUT2D eigenvalue weighted by Gasteiger charge is -1.99. The number of carbonyl (C=O) groups excluding carboxylic acids is 2. The van der Waals surface area contributed by atoms with E-state index >= 15 is 0 Å². The Morgan fingerprint density at radius 1 is 1.67 bits per heavy atom. The molecule has 0 heterocycles. The number of carbonyl (C=O) groups is 2. The van der Waals surface area contributed by atoms with E-state index in [9.17, 15) is 9.59 Å². The van der Waals surface area contributed by atoms with Crippen LogP contribution < -0.4 is 5.32 Å². The molecule has 0 saturated carbocycles. The molecule has 68 valence electrons. The van der Waals surface area contributed by atoms with Crippen molar-refractivity contribution in [3.8, 4) is 0 Å². The number of aliphatic hydroxyl groups excluding tert-OH is 1. The maximum Gasteiger partial charge on any atom is 0.247 e. The van der Waals surface area contributed by atoms with Crippen LogP contribution in [0.15, 0.2) is 11.8 Å². The summed E-state index contributed by atoms with van der Waals surface area (Å²) in [6.45, 7) is 0.736. The largest absolute Gasteiger partial charge is 0.504 e. The Balaban J connectivity index is 3.66. The minimum absolute atomic E-state index is 0.190. The number of methoxy groups -OCH3 is 1. The average molecular weight is 173 g/mol. The predicted molar refractivity (Wildman–Crippen MR) is 41.7 cm³/mol. The van der Waals surface area contributed by atoms with E-state index in [0.717, 1.165) is 6.08 Å². The number of allylic oxidation sites excluding steroid dienone is 1. The summed E-state index contributed by atoms with van der Waals surface area (Å²) in [6.07, 6.45) is 0.999. The predicted octanol–water partition coefficient (Wildman–Crippen LogP) is -0.610. The summed E-state index contributed by atoms with van der Waals surface area (Å²) >= 11 is 0. The summed E-state index contributed by atoms with van der Waals surface area (Å²) in [5, 5.41) is 11.0. The lowest BCUT2D eigenvalue weighted by atomic mass is 10.4. The molecule has 0 fully saturated rings. The number of aldehydes is 1. The van der Waals surface area contributed by atoms with Crippen molar-refractivity contribution in [3.63, 3.8) is 0 Å². The third-order valence-corrected chi connectivity index (χ3v) is 1.01. The second-order valence-electron chi connectivity index (χ2n) is 1.97. The van der Waals surface area contributed by atoms with Crippen molar-refractivity contribution in [3.05, 3.63) is 11.8 Å². The fraction of sp³-hybridized carbons (Fsp3) is 0.429. The highest BCUT2D eigenvalue weighted by Crippen LogP contribution is 1.80. The second-order valence-corrected chi connectivity index (χ2v) is 1.97. The van der Waals surface area contributed by atoms with Crippen molar-refractivity contribution in [2.24, 2.45) is 0 Å². The first kappa shape index (κ1) is 10.6. The van der Waals surface area contributed by atoms with Gasteiger partial charge < -0.3 is 15.2 Å². The summed E-state index contributed by atoms with van der Waals surface area (Å²) in [6, 6.07) is 0. The van der Waals surface area contributed by atoms with E-state index in [1.807, 2.05) is 0 Å². The first-order valence-electron chi connectivity index (χ1n) is 3.33. The number of hydrogen-bond acceptors (Lipinski definition) is 4. The quantitative estimate of drug-likeness (QED) is 0.252. The Labute approximate surface area is 70.0 Å². The zero-order chi connectivity index (χ0) is 9.40. The summed E-state index contributed by atoms with van der Waals surface area (Å²) in [7, 11) is 1.50. The van der Waals surface area contributed by atoms with Crippen LogP contribution in [0.25, 0.3) is 0 Å². The molecule has 1 amide bonds. The van der Waals surface area contributed by atoms with Crippen LogP contribution in [0.5, 0.6) is 0 Å². The summed E-state index contributed by atoms with van der Waals surface area (Å²) in [4.78, 5) is 20.6. The molecule has 0 bridgehead atoms. The second kappa shape index (κ2) is 6.36. The fourth-order valence-electron chi connectivity index (χ4n) is 0.496. The molecule has 0 aliphatic heterocycles. The van der Waals surface area contributed by atoms with Gasteiger partial charge >= 0.3 is 0 Å². The minimum Gasteiger partial charge on any atom is -0.504 e. The number of rotatable bonds is 5. The molecule has 0 radical (unpaired) electrons. The fourth-order valence-corrected chi connectivity index (χ4v) is 0.496. The number of hydrogen-bond donors (Lipinski definition) is 2.